The molecular weight excluding hydrogens is 282 g/mol. The van der Waals surface area contributed by atoms with Crippen molar-refractivity contribution in [2.75, 3.05) is 12.9 Å². The summed E-state index contributed by atoms with van der Waals surface area (Å²) in [7, 11) is 1.18. The van der Waals surface area contributed by atoms with Gasteiger partial charge in [-0.1, -0.05) is 23.6 Å². The van der Waals surface area contributed by atoms with E-state index < -0.39 is 10.9 Å². The first-order chi connectivity index (χ1) is 9.45. The predicted octanol–water partition coefficient (Wildman–Crippen LogP) is 2.01. The molecule has 7 heteroatoms. The second-order valence-corrected chi connectivity index (χ2v) is 4.71. The minimum absolute atomic E-state index is 0.0297. The van der Waals surface area contributed by atoms with E-state index in [0.29, 0.717) is 5.56 Å². The van der Waals surface area contributed by atoms with Crippen LogP contribution in [0.4, 0.5) is 5.69 Å². The molecule has 0 fully saturated rings. The van der Waals surface area contributed by atoms with Crippen molar-refractivity contribution in [1.82, 2.24) is 0 Å². The van der Waals surface area contributed by atoms with Crippen molar-refractivity contribution < 1.29 is 19.2 Å². The number of carbonyl (C=O) groups is 2. The first-order valence-electron chi connectivity index (χ1n) is 5.44. The molecule has 0 aromatic heterocycles. The van der Waals surface area contributed by atoms with Crippen LogP contribution in [-0.4, -0.2) is 28.9 Å². The Morgan fingerprint density at radius 3 is 2.70 bits per heavy atom. The number of non-ortho nitro benzene ring substituents is 1. The molecular formula is C13H11NO5S. The number of carbonyl (C=O) groups excluding carboxylic acids is 2. The maximum absolute atomic E-state index is 11.6. The van der Waals surface area contributed by atoms with Crippen molar-refractivity contribution in [2.24, 2.45) is 0 Å². The van der Waals surface area contributed by atoms with E-state index in [1.165, 1.54) is 26.2 Å². The van der Waals surface area contributed by atoms with Crippen LogP contribution in [0.25, 0.3) is 0 Å². The molecule has 0 unspecified atom stereocenters. The Kier molecular flexibility index (Phi) is 5.74. The van der Waals surface area contributed by atoms with Gasteiger partial charge in [-0.3, -0.25) is 14.9 Å². The SMILES string of the molecule is COC(=O)c1cc([N+](=O)[O-])ccc1C#CCSC(C)=O. The number of nitrogens with zero attached hydrogens (tertiary/aromatic N) is 1. The van der Waals surface area contributed by atoms with Crippen molar-refractivity contribution in [3.63, 3.8) is 0 Å². The van der Waals surface area contributed by atoms with Gasteiger partial charge in [-0.25, -0.2) is 4.79 Å². The van der Waals surface area contributed by atoms with E-state index in [1.54, 1.807) is 0 Å². The molecule has 6 nitrogen and oxygen atoms in total. The lowest BCUT2D eigenvalue weighted by molar-refractivity contribution is -0.384. The molecule has 0 aliphatic carbocycles. The first kappa shape index (κ1) is 15.7. The molecule has 0 atom stereocenters. The average molecular weight is 293 g/mol. The molecule has 0 N–H and O–H groups in total. The lowest BCUT2D eigenvalue weighted by Gasteiger charge is -2.02. The monoisotopic (exact) mass is 293 g/mol. The van der Waals surface area contributed by atoms with Crippen molar-refractivity contribution in [1.29, 1.82) is 0 Å². The van der Waals surface area contributed by atoms with Crippen LogP contribution in [0.2, 0.25) is 0 Å². The van der Waals surface area contributed by atoms with Gasteiger partial charge >= 0.3 is 5.97 Å². The number of nitro benzene ring substituents is 1. The average Bonchev–Trinajstić information content (AvgIpc) is 2.42. The largest absolute Gasteiger partial charge is 0.465 e. The zero-order valence-electron chi connectivity index (χ0n) is 10.8. The molecule has 0 heterocycles. The maximum atomic E-state index is 11.6. The molecule has 20 heavy (non-hydrogen) atoms. The molecule has 0 bridgehead atoms. The predicted molar refractivity (Wildman–Crippen MR) is 74.5 cm³/mol. The van der Waals surface area contributed by atoms with Crippen molar-refractivity contribution in [3.05, 3.63) is 39.4 Å². The van der Waals surface area contributed by atoms with Crippen molar-refractivity contribution in [2.45, 2.75) is 6.92 Å². The molecule has 1 aromatic rings. The third-order valence-electron chi connectivity index (χ3n) is 2.19. The fraction of sp³-hybridized carbons (Fsp3) is 0.231. The van der Waals surface area contributed by atoms with Crippen molar-refractivity contribution >= 4 is 28.5 Å². The Bertz CT molecular complexity index is 615. The quantitative estimate of drug-likeness (QED) is 0.367. The van der Waals surface area contributed by atoms with Crippen LogP contribution in [0.1, 0.15) is 22.8 Å². The zero-order valence-corrected chi connectivity index (χ0v) is 11.7. The Morgan fingerprint density at radius 2 is 2.15 bits per heavy atom. The third-order valence-corrected chi connectivity index (χ3v) is 2.89. The molecule has 0 amide bonds. The van der Waals surface area contributed by atoms with Gasteiger partial charge in [0.2, 0.25) is 0 Å². The molecule has 1 aromatic carbocycles. The van der Waals surface area contributed by atoms with Gasteiger partial charge in [0.25, 0.3) is 5.69 Å². The number of methoxy groups -OCH3 is 1. The number of thioether (sulfide) groups is 1. The van der Waals surface area contributed by atoms with E-state index in [2.05, 4.69) is 16.6 Å². The minimum Gasteiger partial charge on any atom is -0.465 e. The Hall–Kier alpha value is -2.33. The topological polar surface area (TPSA) is 86.5 Å². The number of hydrogen-bond donors (Lipinski definition) is 0. The van der Waals surface area contributed by atoms with E-state index in [0.717, 1.165) is 17.8 Å². The lowest BCUT2D eigenvalue weighted by atomic mass is 10.1. The van der Waals surface area contributed by atoms with Crippen LogP contribution in [-0.2, 0) is 9.53 Å². The normalized spacial score (nSPS) is 9.30. The van der Waals surface area contributed by atoms with Crippen LogP contribution in [0.15, 0.2) is 18.2 Å². The smallest absolute Gasteiger partial charge is 0.339 e. The minimum atomic E-state index is -0.697. The highest BCUT2D eigenvalue weighted by molar-refractivity contribution is 8.13. The lowest BCUT2D eigenvalue weighted by Crippen LogP contribution is -2.05. The highest BCUT2D eigenvalue weighted by Crippen LogP contribution is 2.18. The van der Waals surface area contributed by atoms with Crippen molar-refractivity contribution in [3.8, 4) is 11.8 Å². The summed E-state index contributed by atoms with van der Waals surface area (Å²) < 4.78 is 4.57. The van der Waals surface area contributed by atoms with E-state index in [4.69, 9.17) is 0 Å². The van der Waals surface area contributed by atoms with Gasteiger partial charge in [-0.2, -0.15) is 0 Å². The second-order valence-electron chi connectivity index (χ2n) is 3.56. The Labute approximate surface area is 119 Å². The summed E-state index contributed by atoms with van der Waals surface area (Å²) in [6.07, 6.45) is 0. The number of rotatable bonds is 3. The van der Waals surface area contributed by atoms with E-state index >= 15 is 0 Å². The van der Waals surface area contributed by atoms with Crippen LogP contribution in [0.3, 0.4) is 0 Å². The Balaban J connectivity index is 3.08. The van der Waals surface area contributed by atoms with Crippen LogP contribution < -0.4 is 0 Å². The highest BCUT2D eigenvalue weighted by Gasteiger charge is 2.16. The number of benzene rings is 1. The maximum Gasteiger partial charge on any atom is 0.339 e. The number of hydrogen-bond acceptors (Lipinski definition) is 6. The van der Waals surface area contributed by atoms with Crippen LogP contribution >= 0.6 is 11.8 Å². The molecule has 0 aliphatic rings. The van der Waals surface area contributed by atoms with Gasteiger partial charge in [0.05, 0.1) is 23.3 Å². The fourth-order valence-electron chi connectivity index (χ4n) is 1.30. The summed E-state index contributed by atoms with van der Waals surface area (Å²) in [5.41, 5.74) is 0.141. The zero-order chi connectivity index (χ0) is 15.1. The molecule has 0 spiro atoms. The summed E-state index contributed by atoms with van der Waals surface area (Å²) in [5, 5.41) is 10.6. The molecule has 0 radical (unpaired) electrons. The number of nitro groups is 1. The highest BCUT2D eigenvalue weighted by atomic mass is 32.2. The number of esters is 1. The van der Waals surface area contributed by atoms with Crippen LogP contribution in [0.5, 0.6) is 0 Å². The summed E-state index contributed by atoms with van der Waals surface area (Å²) in [6.45, 7) is 1.43. The third kappa shape index (κ3) is 4.40. The molecule has 104 valence electrons. The molecule has 0 aliphatic heterocycles. The first-order valence-corrected chi connectivity index (χ1v) is 6.43. The molecule has 1 rings (SSSR count). The second kappa shape index (κ2) is 7.31. The van der Waals surface area contributed by atoms with Gasteiger partial charge in [-0.15, -0.1) is 0 Å². The molecule has 0 saturated carbocycles. The van der Waals surface area contributed by atoms with Gasteiger partial charge in [0.1, 0.15) is 0 Å². The van der Waals surface area contributed by atoms with Gasteiger partial charge < -0.3 is 4.74 Å². The van der Waals surface area contributed by atoms with Gasteiger partial charge in [-0.05, 0) is 6.07 Å². The van der Waals surface area contributed by atoms with E-state index in [1.807, 2.05) is 0 Å². The summed E-state index contributed by atoms with van der Waals surface area (Å²) in [5.74, 6) is 5.01. The number of ether oxygens (including phenoxy) is 1. The van der Waals surface area contributed by atoms with Gasteiger partial charge in [0, 0.05) is 24.6 Å². The van der Waals surface area contributed by atoms with E-state index in [-0.39, 0.29) is 22.1 Å². The Morgan fingerprint density at radius 1 is 1.45 bits per heavy atom. The van der Waals surface area contributed by atoms with Gasteiger partial charge in [0.15, 0.2) is 5.12 Å². The summed E-state index contributed by atoms with van der Waals surface area (Å²) in [6, 6.07) is 3.76. The molecule has 0 saturated heterocycles. The standard InChI is InChI=1S/C13H11NO5S/c1-9(15)20-7-3-4-10-5-6-11(14(17)18)8-12(10)13(16)19-2/h5-6,8H,7H2,1-2H3. The summed E-state index contributed by atoms with van der Waals surface area (Å²) in [4.78, 5) is 32.4. The fourth-order valence-corrected chi connectivity index (χ4v) is 1.65. The van der Waals surface area contributed by atoms with E-state index in [9.17, 15) is 19.7 Å². The van der Waals surface area contributed by atoms with Crippen LogP contribution in [0, 0.1) is 22.0 Å². The summed E-state index contributed by atoms with van der Waals surface area (Å²) >= 11 is 1.04.